The molecule has 0 aliphatic rings. The van der Waals surface area contributed by atoms with Crippen LogP contribution in [0.25, 0.3) is 0 Å². The van der Waals surface area contributed by atoms with Crippen molar-refractivity contribution in [2.75, 3.05) is 111 Å². The van der Waals surface area contributed by atoms with E-state index in [-0.39, 0.29) is 19.8 Å². The fraction of sp³-hybridized carbons (Fsp3) is 0.962. The molecule has 0 aliphatic carbocycles. The molecule has 0 aliphatic heterocycles. The Morgan fingerprint density at radius 3 is 1.31 bits per heavy atom. The zero-order chi connectivity index (χ0) is 31.0. The van der Waals surface area contributed by atoms with Gasteiger partial charge < -0.3 is 52.1 Å². The predicted octanol–water partition coefficient (Wildman–Crippen LogP) is 4.62. The van der Waals surface area contributed by atoms with Gasteiger partial charge >= 0.3 is 7.60 Å². The van der Waals surface area contributed by atoms with E-state index in [9.17, 15) is 9.46 Å². The number of hydrogen-bond donors (Lipinski definition) is 3. The van der Waals surface area contributed by atoms with Crippen molar-refractivity contribution < 1.29 is 56.7 Å². The maximum absolute atomic E-state index is 10.9. The van der Waals surface area contributed by atoms with Crippen LogP contribution in [0.2, 0.25) is 0 Å². The molecule has 0 radical (unpaired) electrons. The zero-order valence-corrected chi connectivity index (χ0v) is 28.8. The normalized spacial score (nSPS) is 14.7. The Labute approximate surface area is 261 Å². The lowest BCUT2D eigenvalue weighted by Gasteiger charge is -2.18. The summed E-state index contributed by atoms with van der Waals surface area (Å²) < 4.78 is 53.2. The number of aliphatic hydroxyl groups is 1. The van der Waals surface area contributed by atoms with E-state index < -0.39 is 15.2 Å². The van der Waals surface area contributed by atoms with E-state index in [1.54, 1.807) is 0 Å². The molecule has 0 fully saturated rings. The molecule has 0 bridgehead atoms. The Morgan fingerprint density at radius 1 is 0.524 bits per heavy atom. The molecule has 3 N–H and O–H groups in total. The molecule has 254 valence electrons. The summed E-state index contributed by atoms with van der Waals surface area (Å²) in [5.41, 5.74) is 0. The molecule has 12 nitrogen and oxygen atoms in total. The third-order valence-corrected chi connectivity index (χ3v) is 9.61. The summed E-state index contributed by atoms with van der Waals surface area (Å²) in [5.74, 6) is 2.34. The summed E-state index contributed by atoms with van der Waals surface area (Å²) in [6, 6.07) is 0. The van der Waals surface area contributed by atoms with Crippen LogP contribution in [0, 0.1) is 0 Å². The molecule has 16 heteroatoms. The average molecular weight is 687 g/mol. The average Bonchev–Trinajstić information content (AvgIpc) is 2.93. The van der Waals surface area contributed by atoms with Gasteiger partial charge in [0.15, 0.2) is 0 Å². The highest BCUT2D eigenvalue weighted by atomic mass is 33.1. The van der Waals surface area contributed by atoms with Crippen molar-refractivity contribution in [1.82, 2.24) is 0 Å². The van der Waals surface area contributed by atoms with Crippen molar-refractivity contribution in [1.29, 1.82) is 0 Å². The first-order valence-electron chi connectivity index (χ1n) is 14.7. The van der Waals surface area contributed by atoms with E-state index in [1.807, 2.05) is 21.6 Å². The highest BCUT2D eigenvalue weighted by Gasteiger charge is 2.11. The Morgan fingerprint density at radius 2 is 0.881 bits per heavy atom. The van der Waals surface area contributed by atoms with Crippen LogP contribution in [0.4, 0.5) is 0 Å². The van der Waals surface area contributed by atoms with E-state index in [0.717, 1.165) is 44.5 Å². The van der Waals surface area contributed by atoms with Crippen molar-refractivity contribution >= 4 is 43.0 Å². The van der Waals surface area contributed by atoms with Crippen molar-refractivity contribution in [3.8, 4) is 0 Å². The largest absolute Gasteiger partial charge is 0.396 e. The quantitative estimate of drug-likeness (QED) is 0.0483. The molecule has 0 aromatic heterocycles. The maximum Gasteiger partial charge on any atom is 0.325 e. The minimum Gasteiger partial charge on any atom is -0.396 e. The molecule has 2 unspecified atom stereocenters. The fourth-order valence-corrected chi connectivity index (χ4v) is 6.65. The molecule has 0 saturated carbocycles. The summed E-state index contributed by atoms with van der Waals surface area (Å²) in [6.07, 6.45) is 12.4. The Hall–Kier alpha value is 0.790. The highest BCUT2D eigenvalue weighted by molar-refractivity contribution is 8.76. The van der Waals surface area contributed by atoms with Gasteiger partial charge in [-0.1, -0.05) is 47.3 Å². The molecule has 0 amide bonds. The van der Waals surface area contributed by atoms with Crippen LogP contribution in [0.15, 0.2) is 0 Å². The Bertz CT molecular complexity index is 661. The molecule has 0 heterocycles. The van der Waals surface area contributed by atoms with Crippen LogP contribution in [0.1, 0.15) is 51.4 Å². The van der Waals surface area contributed by atoms with E-state index in [4.69, 9.17) is 42.7 Å². The van der Waals surface area contributed by atoms with Gasteiger partial charge in [0.1, 0.15) is 0 Å². The molecule has 42 heavy (non-hydrogen) atoms. The van der Waals surface area contributed by atoms with Crippen molar-refractivity contribution in [2.24, 2.45) is 0 Å². The summed E-state index contributed by atoms with van der Waals surface area (Å²) in [7, 11) is -2.63. The van der Waals surface area contributed by atoms with Gasteiger partial charge in [-0.2, -0.15) is 0 Å². The van der Waals surface area contributed by atoms with Gasteiger partial charge in [-0.05, 0) is 32.0 Å². The Kier molecular flexibility index (Phi) is 32.4. The third kappa shape index (κ3) is 37.0. The van der Waals surface area contributed by atoms with Crippen molar-refractivity contribution in [3.05, 3.63) is 0 Å². The van der Waals surface area contributed by atoms with E-state index in [1.165, 1.54) is 25.0 Å². The van der Waals surface area contributed by atoms with Crippen LogP contribution in [-0.2, 0) is 41.8 Å². The highest BCUT2D eigenvalue weighted by Crippen LogP contribution is 2.42. The second-order valence-corrected chi connectivity index (χ2v) is 15.6. The first-order valence-corrected chi connectivity index (χ1v) is 21.0. The number of aliphatic hydroxyl groups excluding tert-OH is 1. The monoisotopic (exact) mass is 686 g/mol. The van der Waals surface area contributed by atoms with E-state index >= 15 is 0 Å². The van der Waals surface area contributed by atoms with E-state index in [0.29, 0.717) is 72.7 Å². The molecule has 0 aromatic rings. The van der Waals surface area contributed by atoms with Gasteiger partial charge in [0.2, 0.25) is 7.57 Å². The van der Waals surface area contributed by atoms with Crippen LogP contribution in [0.5, 0.6) is 0 Å². The number of rotatable bonds is 35. The van der Waals surface area contributed by atoms with Crippen LogP contribution in [0.3, 0.4) is 0 Å². The molecular weight excluding hydrogens is 630 g/mol. The van der Waals surface area contributed by atoms with Crippen molar-refractivity contribution in [2.45, 2.75) is 51.4 Å². The zero-order valence-electron chi connectivity index (χ0n) is 25.4. The van der Waals surface area contributed by atoms with Crippen LogP contribution >= 0.6 is 36.8 Å². The van der Waals surface area contributed by atoms with Gasteiger partial charge in [-0.25, -0.2) is 0 Å². The minimum atomic E-state index is -3.44. The summed E-state index contributed by atoms with van der Waals surface area (Å²) >= 11 is 0. The van der Waals surface area contributed by atoms with Gasteiger partial charge in [0.25, 0.3) is 0 Å². The summed E-state index contributed by atoms with van der Waals surface area (Å²) in [6.45, 7) is 6.05. The maximum atomic E-state index is 10.9. The van der Waals surface area contributed by atoms with Crippen LogP contribution < -0.4 is 0 Å². The first-order chi connectivity index (χ1) is 20.3. The molecule has 0 spiro atoms. The van der Waals surface area contributed by atoms with Gasteiger partial charge in [-0.3, -0.25) is 4.57 Å². The molecule has 0 aromatic carbocycles. The van der Waals surface area contributed by atoms with Crippen molar-refractivity contribution in [3.63, 3.8) is 0 Å². The SMILES string of the molecule is C=P(O)(OCCCCCCSSCCCCCCO)OCCOCCOCCOCCOCCOCCOP(C)(=O)O. The smallest absolute Gasteiger partial charge is 0.325 e. The lowest BCUT2D eigenvalue weighted by molar-refractivity contribution is -0.0146. The molecular formula is C26H56O12P2S2. The third-order valence-electron chi connectivity index (χ3n) is 5.20. The first kappa shape index (κ1) is 42.8. The second kappa shape index (κ2) is 31.8. The molecule has 2 atom stereocenters. The van der Waals surface area contributed by atoms with Gasteiger partial charge in [0.05, 0.1) is 85.9 Å². The van der Waals surface area contributed by atoms with Gasteiger partial charge in [-0.15, -0.1) is 0 Å². The Balaban J connectivity index is 3.28. The lowest BCUT2D eigenvalue weighted by Crippen LogP contribution is -2.14. The number of hydrogen-bond acceptors (Lipinski definition) is 13. The predicted molar refractivity (Wildman–Crippen MR) is 173 cm³/mol. The topological polar surface area (TPSA) is 152 Å². The fourth-order valence-electron chi connectivity index (χ4n) is 3.09. The van der Waals surface area contributed by atoms with Gasteiger partial charge in [0, 0.05) is 24.8 Å². The molecule has 0 saturated heterocycles. The lowest BCUT2D eigenvalue weighted by atomic mass is 10.2. The second-order valence-electron chi connectivity index (χ2n) is 9.20. The van der Waals surface area contributed by atoms with Crippen LogP contribution in [-0.4, -0.2) is 132 Å². The number of ether oxygens (including phenoxy) is 5. The summed E-state index contributed by atoms with van der Waals surface area (Å²) in [5, 5.41) is 8.76. The summed E-state index contributed by atoms with van der Waals surface area (Å²) in [4.78, 5) is 19.1. The minimum absolute atomic E-state index is 0.0669. The number of unbranched alkanes of at least 4 members (excludes halogenated alkanes) is 6. The standard InChI is InChI=1S/C26H56O12P2S2/c1-39(28,29)36-23-21-34-19-17-32-15-13-31-14-16-33-18-20-35-22-24-38-40(2,30)37-12-8-4-6-10-26-42-41-25-9-5-3-7-11-27/h27,30H,2-26H2,1H3,(H,28,29). The van der Waals surface area contributed by atoms with E-state index in [2.05, 4.69) is 10.8 Å². The molecule has 0 rings (SSSR count).